The van der Waals surface area contributed by atoms with Crippen LogP contribution >= 0.6 is 11.6 Å². The summed E-state index contributed by atoms with van der Waals surface area (Å²) in [5.74, 6) is 0.379. The highest BCUT2D eigenvalue weighted by Gasteiger charge is 2.49. The van der Waals surface area contributed by atoms with E-state index in [0.717, 1.165) is 0 Å². The second-order valence-electron chi connectivity index (χ2n) is 6.43. The molecule has 0 radical (unpaired) electrons. The Kier molecular flexibility index (Phi) is 3.87. The monoisotopic (exact) mass is 296 g/mol. The molecule has 1 fully saturated rings. The van der Waals surface area contributed by atoms with Crippen LogP contribution in [0.5, 0.6) is 5.75 Å². The van der Waals surface area contributed by atoms with Crippen molar-refractivity contribution in [1.29, 1.82) is 0 Å². The van der Waals surface area contributed by atoms with Crippen LogP contribution in [0.4, 0.5) is 0 Å². The van der Waals surface area contributed by atoms with Crippen molar-refractivity contribution >= 4 is 17.4 Å². The molecule has 20 heavy (non-hydrogen) atoms. The van der Waals surface area contributed by atoms with E-state index in [1.807, 2.05) is 27.7 Å². The normalized spacial score (nSPS) is 23.6. The van der Waals surface area contributed by atoms with Crippen molar-refractivity contribution in [3.8, 4) is 5.75 Å². The summed E-state index contributed by atoms with van der Waals surface area (Å²) >= 11 is 5.95. The molecule has 0 aliphatic carbocycles. The summed E-state index contributed by atoms with van der Waals surface area (Å²) in [5, 5.41) is 0.556. The van der Waals surface area contributed by atoms with Crippen molar-refractivity contribution in [3.63, 3.8) is 0 Å². The molecule has 1 atom stereocenters. The maximum Gasteiger partial charge on any atom is 0.172 e. The van der Waals surface area contributed by atoms with Crippen LogP contribution in [0.2, 0.25) is 5.02 Å². The highest BCUT2D eigenvalue weighted by Crippen LogP contribution is 2.44. The van der Waals surface area contributed by atoms with E-state index in [2.05, 4.69) is 0 Å². The van der Waals surface area contributed by atoms with Crippen molar-refractivity contribution in [3.05, 3.63) is 28.8 Å². The quantitative estimate of drug-likeness (QED) is 0.787. The molecule has 0 amide bonds. The molecule has 1 saturated heterocycles. The Morgan fingerprint density at radius 3 is 2.50 bits per heavy atom. The average molecular weight is 297 g/mol. The largest absolute Gasteiger partial charge is 0.496 e. The Labute approximate surface area is 125 Å². The van der Waals surface area contributed by atoms with Crippen molar-refractivity contribution in [2.24, 2.45) is 5.92 Å². The summed E-state index contributed by atoms with van der Waals surface area (Å²) in [4.78, 5) is 12.8. The van der Waals surface area contributed by atoms with Crippen LogP contribution in [-0.2, 0) is 4.74 Å². The van der Waals surface area contributed by atoms with E-state index in [-0.39, 0.29) is 17.3 Å². The first kappa shape index (κ1) is 15.3. The third-order valence-corrected chi connectivity index (χ3v) is 4.05. The standard InChI is InChI=1S/C16H21ClO3/c1-15(2)9-12(16(3,4)20-15)14(18)11-7-6-10(17)8-13(11)19-5/h6-8,12H,9H2,1-5H3. The van der Waals surface area contributed by atoms with Gasteiger partial charge in [0.05, 0.1) is 29.8 Å². The molecule has 110 valence electrons. The minimum atomic E-state index is -0.481. The smallest absolute Gasteiger partial charge is 0.172 e. The molecule has 2 rings (SSSR count). The summed E-state index contributed by atoms with van der Waals surface area (Å²) < 4.78 is 11.3. The van der Waals surface area contributed by atoms with E-state index in [9.17, 15) is 4.79 Å². The third-order valence-electron chi connectivity index (χ3n) is 3.82. The van der Waals surface area contributed by atoms with Crippen LogP contribution in [0.25, 0.3) is 0 Å². The molecule has 0 N–H and O–H groups in total. The number of carbonyl (C=O) groups is 1. The van der Waals surface area contributed by atoms with Gasteiger partial charge in [0.1, 0.15) is 5.75 Å². The van der Waals surface area contributed by atoms with E-state index in [1.165, 1.54) is 0 Å². The van der Waals surface area contributed by atoms with E-state index in [4.69, 9.17) is 21.1 Å². The maximum absolute atomic E-state index is 12.8. The van der Waals surface area contributed by atoms with Gasteiger partial charge in [-0.25, -0.2) is 0 Å². The van der Waals surface area contributed by atoms with E-state index in [0.29, 0.717) is 22.8 Å². The third kappa shape index (κ3) is 2.84. The van der Waals surface area contributed by atoms with Crippen molar-refractivity contribution < 1.29 is 14.3 Å². The van der Waals surface area contributed by atoms with Gasteiger partial charge in [-0.15, -0.1) is 0 Å². The molecule has 1 heterocycles. The van der Waals surface area contributed by atoms with Gasteiger partial charge in [-0.05, 0) is 52.3 Å². The fraction of sp³-hybridized carbons (Fsp3) is 0.562. The fourth-order valence-electron chi connectivity index (χ4n) is 3.03. The van der Waals surface area contributed by atoms with Crippen molar-refractivity contribution in [2.75, 3.05) is 7.11 Å². The first-order valence-electron chi connectivity index (χ1n) is 6.74. The molecule has 1 aliphatic rings. The summed E-state index contributed by atoms with van der Waals surface area (Å²) in [6.07, 6.45) is 0.699. The number of Topliss-reactive ketones (excluding diaryl/α,β-unsaturated/α-hetero) is 1. The van der Waals surface area contributed by atoms with Gasteiger partial charge in [0.15, 0.2) is 5.78 Å². The van der Waals surface area contributed by atoms with Crippen LogP contribution in [-0.4, -0.2) is 24.1 Å². The molecule has 1 aliphatic heterocycles. The van der Waals surface area contributed by atoms with Crippen molar-refractivity contribution in [1.82, 2.24) is 0 Å². The average Bonchev–Trinajstić information content (AvgIpc) is 2.56. The summed E-state index contributed by atoms with van der Waals surface area (Å²) in [6, 6.07) is 5.11. The van der Waals surface area contributed by atoms with Crippen LogP contribution < -0.4 is 4.74 Å². The molecular formula is C16H21ClO3. The predicted octanol–water partition coefficient (Wildman–Crippen LogP) is 4.13. The zero-order valence-electron chi connectivity index (χ0n) is 12.6. The molecule has 1 aromatic rings. The Balaban J connectivity index is 2.37. The van der Waals surface area contributed by atoms with Gasteiger partial charge in [-0.2, -0.15) is 0 Å². The number of ether oxygens (including phenoxy) is 2. The lowest BCUT2D eigenvalue weighted by Crippen LogP contribution is -2.34. The van der Waals surface area contributed by atoms with E-state index < -0.39 is 5.60 Å². The summed E-state index contributed by atoms with van der Waals surface area (Å²) in [7, 11) is 1.54. The molecule has 0 aromatic heterocycles. The minimum Gasteiger partial charge on any atom is -0.496 e. The number of hydrogen-bond acceptors (Lipinski definition) is 3. The molecule has 0 spiro atoms. The lowest BCUT2D eigenvalue weighted by Gasteiger charge is -2.26. The van der Waals surface area contributed by atoms with Crippen LogP contribution in [0.3, 0.4) is 0 Å². The number of methoxy groups -OCH3 is 1. The van der Waals surface area contributed by atoms with Crippen molar-refractivity contribution in [2.45, 2.75) is 45.3 Å². The second-order valence-corrected chi connectivity index (χ2v) is 6.87. The van der Waals surface area contributed by atoms with Crippen LogP contribution in [0.1, 0.15) is 44.5 Å². The highest BCUT2D eigenvalue weighted by molar-refractivity contribution is 6.30. The Morgan fingerprint density at radius 1 is 1.35 bits per heavy atom. The Hall–Kier alpha value is -1.06. The zero-order chi connectivity index (χ0) is 15.1. The number of ketones is 1. The molecular weight excluding hydrogens is 276 g/mol. The fourth-order valence-corrected chi connectivity index (χ4v) is 3.19. The molecule has 1 aromatic carbocycles. The number of rotatable bonds is 3. The SMILES string of the molecule is COc1cc(Cl)ccc1C(=O)C1CC(C)(C)OC1(C)C. The highest BCUT2D eigenvalue weighted by atomic mass is 35.5. The van der Waals surface area contributed by atoms with Gasteiger partial charge in [0.25, 0.3) is 0 Å². The molecule has 0 saturated carbocycles. The van der Waals surface area contributed by atoms with Gasteiger partial charge in [0, 0.05) is 5.02 Å². The van der Waals surface area contributed by atoms with Gasteiger partial charge in [-0.1, -0.05) is 11.6 Å². The van der Waals surface area contributed by atoms with Crippen LogP contribution in [0.15, 0.2) is 18.2 Å². The summed E-state index contributed by atoms with van der Waals surface area (Å²) in [5.41, 5.74) is -0.203. The lowest BCUT2D eigenvalue weighted by atomic mass is 9.81. The Bertz CT molecular complexity index is 535. The summed E-state index contributed by atoms with van der Waals surface area (Å²) in [6.45, 7) is 7.96. The molecule has 4 heteroatoms. The zero-order valence-corrected chi connectivity index (χ0v) is 13.4. The molecule has 3 nitrogen and oxygen atoms in total. The van der Waals surface area contributed by atoms with Gasteiger partial charge < -0.3 is 9.47 Å². The topological polar surface area (TPSA) is 35.5 Å². The number of benzene rings is 1. The second kappa shape index (κ2) is 5.05. The Morgan fingerprint density at radius 2 is 2.00 bits per heavy atom. The first-order chi connectivity index (χ1) is 9.16. The van der Waals surface area contributed by atoms with Gasteiger partial charge in [-0.3, -0.25) is 4.79 Å². The predicted molar refractivity (Wildman–Crippen MR) is 79.7 cm³/mol. The first-order valence-corrected chi connectivity index (χ1v) is 7.12. The lowest BCUT2D eigenvalue weighted by molar-refractivity contribution is -0.0712. The molecule has 0 bridgehead atoms. The number of carbonyl (C=O) groups excluding carboxylic acids is 1. The number of halogens is 1. The van der Waals surface area contributed by atoms with E-state index >= 15 is 0 Å². The van der Waals surface area contributed by atoms with Gasteiger partial charge in [0.2, 0.25) is 0 Å². The number of hydrogen-bond donors (Lipinski definition) is 0. The maximum atomic E-state index is 12.8. The minimum absolute atomic E-state index is 0.0501. The molecule has 1 unspecified atom stereocenters. The van der Waals surface area contributed by atoms with Crippen LogP contribution in [0, 0.1) is 5.92 Å². The van der Waals surface area contributed by atoms with Gasteiger partial charge >= 0.3 is 0 Å². The van der Waals surface area contributed by atoms with E-state index in [1.54, 1.807) is 25.3 Å².